The third-order valence-corrected chi connectivity index (χ3v) is 4.11. The van der Waals surface area contributed by atoms with Gasteiger partial charge in [0.25, 0.3) is 0 Å². The molecule has 0 saturated carbocycles. The van der Waals surface area contributed by atoms with Gasteiger partial charge in [-0.15, -0.1) is 0 Å². The van der Waals surface area contributed by atoms with E-state index in [1.807, 2.05) is 0 Å². The van der Waals surface area contributed by atoms with Crippen LogP contribution in [0.15, 0.2) is 30.5 Å². The fraction of sp³-hybridized carbons (Fsp3) is 0.353. The van der Waals surface area contributed by atoms with E-state index in [1.54, 1.807) is 0 Å². The Kier molecular flexibility index (Phi) is 3.59. The molecular formula is C17H17F3N2. The number of anilines is 1. The standard InChI is InChI=1S/C17H17F3N2/c1-10-7-11(2)13-4-5-15(14(13)8-10)22-12-3-6-16(21-9-12)17(18,19)20/h3,6-9,15,22H,4-5H2,1-2H3. The Morgan fingerprint density at radius 1 is 1.18 bits per heavy atom. The van der Waals surface area contributed by atoms with E-state index in [-0.39, 0.29) is 6.04 Å². The second-order valence-corrected chi connectivity index (χ2v) is 5.82. The quantitative estimate of drug-likeness (QED) is 0.860. The van der Waals surface area contributed by atoms with Crippen LogP contribution >= 0.6 is 0 Å². The Hall–Kier alpha value is -2.04. The largest absolute Gasteiger partial charge is 0.433 e. The predicted octanol–water partition coefficient (Wildman–Crippen LogP) is 4.82. The minimum atomic E-state index is -4.40. The SMILES string of the molecule is Cc1cc(C)c2c(c1)C(Nc1ccc(C(F)(F)F)nc1)CC2. The van der Waals surface area contributed by atoms with Crippen molar-refractivity contribution in [1.29, 1.82) is 0 Å². The monoisotopic (exact) mass is 306 g/mol. The van der Waals surface area contributed by atoms with Crippen LogP contribution in [-0.4, -0.2) is 4.98 Å². The van der Waals surface area contributed by atoms with Crippen molar-refractivity contribution in [2.24, 2.45) is 0 Å². The van der Waals surface area contributed by atoms with Gasteiger partial charge in [-0.1, -0.05) is 17.7 Å². The highest BCUT2D eigenvalue weighted by atomic mass is 19.4. The highest BCUT2D eigenvalue weighted by molar-refractivity contribution is 5.50. The van der Waals surface area contributed by atoms with E-state index in [0.29, 0.717) is 5.69 Å². The van der Waals surface area contributed by atoms with Gasteiger partial charge in [0.15, 0.2) is 0 Å². The third-order valence-electron chi connectivity index (χ3n) is 4.11. The number of aryl methyl sites for hydroxylation is 2. The topological polar surface area (TPSA) is 24.9 Å². The van der Waals surface area contributed by atoms with Crippen molar-refractivity contribution in [1.82, 2.24) is 4.98 Å². The van der Waals surface area contributed by atoms with Gasteiger partial charge in [0, 0.05) is 0 Å². The van der Waals surface area contributed by atoms with Crippen molar-refractivity contribution >= 4 is 5.69 Å². The van der Waals surface area contributed by atoms with Crippen LogP contribution in [0.4, 0.5) is 18.9 Å². The molecule has 0 saturated heterocycles. The number of rotatable bonds is 2. The van der Waals surface area contributed by atoms with Gasteiger partial charge in [0.2, 0.25) is 0 Å². The molecule has 0 radical (unpaired) electrons. The first-order valence-corrected chi connectivity index (χ1v) is 7.24. The molecule has 116 valence electrons. The van der Waals surface area contributed by atoms with Crippen LogP contribution in [0, 0.1) is 13.8 Å². The number of fused-ring (bicyclic) bond motifs is 1. The molecule has 2 nitrogen and oxygen atoms in total. The lowest BCUT2D eigenvalue weighted by atomic mass is 10.00. The molecule has 1 aliphatic carbocycles. The summed E-state index contributed by atoms with van der Waals surface area (Å²) < 4.78 is 37.6. The Morgan fingerprint density at radius 3 is 2.59 bits per heavy atom. The van der Waals surface area contributed by atoms with Crippen molar-refractivity contribution in [3.05, 3.63) is 58.4 Å². The number of nitrogens with one attached hydrogen (secondary N) is 1. The number of hydrogen-bond donors (Lipinski definition) is 1. The van der Waals surface area contributed by atoms with Crippen LogP contribution in [0.3, 0.4) is 0 Å². The summed E-state index contributed by atoms with van der Waals surface area (Å²) in [6, 6.07) is 6.91. The summed E-state index contributed by atoms with van der Waals surface area (Å²) >= 11 is 0. The normalized spacial score (nSPS) is 17.4. The number of alkyl halides is 3. The predicted molar refractivity (Wildman–Crippen MR) is 79.8 cm³/mol. The Morgan fingerprint density at radius 2 is 1.95 bits per heavy atom. The average molecular weight is 306 g/mol. The van der Waals surface area contributed by atoms with Gasteiger partial charge in [-0.3, -0.25) is 0 Å². The summed E-state index contributed by atoms with van der Waals surface area (Å²) in [6.45, 7) is 4.16. The smallest absolute Gasteiger partial charge is 0.377 e. The van der Waals surface area contributed by atoms with Crippen molar-refractivity contribution in [3.63, 3.8) is 0 Å². The first-order valence-electron chi connectivity index (χ1n) is 7.24. The number of halogens is 3. The molecule has 0 aliphatic heterocycles. The number of benzene rings is 1. The molecule has 5 heteroatoms. The third kappa shape index (κ3) is 2.80. The van der Waals surface area contributed by atoms with Gasteiger partial charge in [0.1, 0.15) is 5.69 Å². The zero-order valence-electron chi connectivity index (χ0n) is 12.5. The lowest BCUT2D eigenvalue weighted by Crippen LogP contribution is -2.10. The molecule has 1 aromatic carbocycles. The van der Waals surface area contributed by atoms with Crippen LogP contribution in [0.5, 0.6) is 0 Å². The Labute approximate surface area is 127 Å². The number of nitrogens with zero attached hydrogens (tertiary/aromatic N) is 1. The second-order valence-electron chi connectivity index (χ2n) is 5.82. The molecule has 0 spiro atoms. The number of aromatic nitrogens is 1. The molecular weight excluding hydrogens is 289 g/mol. The molecule has 1 aromatic heterocycles. The lowest BCUT2D eigenvalue weighted by Gasteiger charge is -2.17. The van der Waals surface area contributed by atoms with Crippen LogP contribution in [0.1, 0.15) is 40.4 Å². The van der Waals surface area contributed by atoms with Crippen molar-refractivity contribution in [2.75, 3.05) is 5.32 Å². The van der Waals surface area contributed by atoms with E-state index < -0.39 is 11.9 Å². The molecule has 22 heavy (non-hydrogen) atoms. The first kappa shape index (κ1) is 14.9. The van der Waals surface area contributed by atoms with Crippen LogP contribution in [0.25, 0.3) is 0 Å². The van der Waals surface area contributed by atoms with Gasteiger partial charge in [0.05, 0.1) is 17.9 Å². The summed E-state index contributed by atoms with van der Waals surface area (Å²) in [4.78, 5) is 3.50. The van der Waals surface area contributed by atoms with Crippen molar-refractivity contribution in [2.45, 2.75) is 38.9 Å². The molecule has 0 fully saturated rings. The van der Waals surface area contributed by atoms with Crippen LogP contribution < -0.4 is 5.32 Å². The zero-order valence-corrected chi connectivity index (χ0v) is 12.5. The maximum Gasteiger partial charge on any atom is 0.433 e. The molecule has 3 rings (SSSR count). The van der Waals surface area contributed by atoms with Crippen LogP contribution in [-0.2, 0) is 12.6 Å². The molecule has 1 N–H and O–H groups in total. The number of pyridine rings is 1. The zero-order chi connectivity index (χ0) is 15.9. The minimum absolute atomic E-state index is 0.132. The van der Waals surface area contributed by atoms with E-state index in [2.05, 4.69) is 36.3 Å². The summed E-state index contributed by atoms with van der Waals surface area (Å²) in [6.07, 6.45) is -1.20. The molecule has 1 unspecified atom stereocenters. The molecule has 2 aromatic rings. The maximum absolute atomic E-state index is 12.5. The molecule has 0 amide bonds. The fourth-order valence-corrected chi connectivity index (χ4v) is 3.12. The Bertz CT molecular complexity index is 690. The highest BCUT2D eigenvalue weighted by Gasteiger charge is 2.32. The van der Waals surface area contributed by atoms with E-state index in [1.165, 1.54) is 34.5 Å². The van der Waals surface area contributed by atoms with Crippen molar-refractivity contribution in [3.8, 4) is 0 Å². The van der Waals surface area contributed by atoms with Gasteiger partial charge in [-0.2, -0.15) is 13.2 Å². The van der Waals surface area contributed by atoms with Gasteiger partial charge in [-0.05, 0) is 55.5 Å². The second kappa shape index (κ2) is 5.30. The summed E-state index contributed by atoms with van der Waals surface area (Å²) in [5, 5.41) is 3.30. The Balaban J connectivity index is 1.82. The summed E-state index contributed by atoms with van der Waals surface area (Å²) in [5.74, 6) is 0. The molecule has 1 atom stereocenters. The molecule has 0 bridgehead atoms. The van der Waals surface area contributed by atoms with E-state index in [4.69, 9.17) is 0 Å². The van der Waals surface area contributed by atoms with E-state index >= 15 is 0 Å². The van der Waals surface area contributed by atoms with Gasteiger partial charge in [-0.25, -0.2) is 4.98 Å². The van der Waals surface area contributed by atoms with Gasteiger partial charge >= 0.3 is 6.18 Å². The van der Waals surface area contributed by atoms with Gasteiger partial charge < -0.3 is 5.32 Å². The highest BCUT2D eigenvalue weighted by Crippen LogP contribution is 2.36. The summed E-state index contributed by atoms with van der Waals surface area (Å²) in [5.41, 5.74) is 4.84. The van der Waals surface area contributed by atoms with Crippen LogP contribution in [0.2, 0.25) is 0 Å². The number of hydrogen-bond acceptors (Lipinski definition) is 2. The van der Waals surface area contributed by atoms with E-state index in [9.17, 15) is 13.2 Å². The van der Waals surface area contributed by atoms with Crippen molar-refractivity contribution < 1.29 is 13.2 Å². The van der Waals surface area contributed by atoms with E-state index in [0.717, 1.165) is 18.9 Å². The molecule has 1 aliphatic rings. The molecule has 1 heterocycles. The summed E-state index contributed by atoms with van der Waals surface area (Å²) in [7, 11) is 0. The fourth-order valence-electron chi connectivity index (χ4n) is 3.12. The minimum Gasteiger partial charge on any atom is -0.377 e. The lowest BCUT2D eigenvalue weighted by molar-refractivity contribution is -0.141. The maximum atomic E-state index is 12.5. The average Bonchev–Trinajstić information content (AvgIpc) is 2.82. The first-order chi connectivity index (χ1) is 10.3.